The van der Waals surface area contributed by atoms with Crippen molar-refractivity contribution in [1.29, 1.82) is 0 Å². The zero-order chi connectivity index (χ0) is 25.1. The van der Waals surface area contributed by atoms with Crippen LogP contribution in [0.25, 0.3) is 0 Å². The molecule has 180 valence electrons. The van der Waals surface area contributed by atoms with E-state index in [0.717, 1.165) is 11.3 Å². The topological polar surface area (TPSA) is 112 Å². The van der Waals surface area contributed by atoms with Gasteiger partial charge in [0.25, 0.3) is 11.6 Å². The van der Waals surface area contributed by atoms with Gasteiger partial charge in [-0.15, -0.1) is 0 Å². The van der Waals surface area contributed by atoms with Crippen molar-refractivity contribution < 1.29 is 18.9 Å². The second-order valence-corrected chi connectivity index (χ2v) is 8.56. The Kier molecular flexibility index (Phi) is 7.09. The number of halogens is 2. The molecule has 4 aromatic rings. The molecule has 35 heavy (non-hydrogen) atoms. The smallest absolute Gasteiger partial charge is 0.291 e. The molecule has 11 heteroatoms. The van der Waals surface area contributed by atoms with Crippen LogP contribution in [0.15, 0.2) is 59.0 Å². The SMILES string of the molecule is Cc1nn(Cc2cccc(Cl)c2)c(C)c1NC(=O)c1ccc(COc2ccc([N+](=O)[O-])cc2Cl)o1. The first-order chi connectivity index (χ1) is 16.7. The standard InChI is InChI=1S/C24H20Cl2N4O5/c1-14-23(15(2)29(28-14)12-16-4-3-5-17(25)10-16)27-24(31)22-9-7-19(35-22)13-34-21-8-6-18(30(32)33)11-20(21)26/h3-11H,12-13H2,1-2H3,(H,27,31). The third-order valence-electron chi connectivity index (χ3n) is 5.22. The number of hydrogen-bond acceptors (Lipinski definition) is 6. The number of nitro groups is 1. The average Bonchev–Trinajstić information content (AvgIpc) is 3.39. The Morgan fingerprint density at radius 3 is 2.69 bits per heavy atom. The number of benzene rings is 2. The lowest BCUT2D eigenvalue weighted by atomic mass is 10.2. The maximum absolute atomic E-state index is 12.8. The summed E-state index contributed by atoms with van der Waals surface area (Å²) >= 11 is 12.1. The van der Waals surface area contributed by atoms with Gasteiger partial charge >= 0.3 is 0 Å². The van der Waals surface area contributed by atoms with E-state index in [1.807, 2.05) is 32.0 Å². The highest BCUT2D eigenvalue weighted by molar-refractivity contribution is 6.32. The molecule has 0 atom stereocenters. The van der Waals surface area contributed by atoms with Crippen molar-refractivity contribution >= 4 is 40.5 Å². The molecule has 1 amide bonds. The van der Waals surface area contributed by atoms with Gasteiger partial charge in [-0.1, -0.05) is 35.3 Å². The monoisotopic (exact) mass is 514 g/mol. The van der Waals surface area contributed by atoms with Crippen LogP contribution in [-0.2, 0) is 13.2 Å². The Bertz CT molecular complexity index is 1410. The number of non-ortho nitro benzene ring substituents is 1. The van der Waals surface area contributed by atoms with Crippen molar-refractivity contribution in [1.82, 2.24) is 9.78 Å². The van der Waals surface area contributed by atoms with Crippen LogP contribution in [0.3, 0.4) is 0 Å². The molecule has 0 unspecified atom stereocenters. The van der Waals surface area contributed by atoms with E-state index in [1.165, 1.54) is 24.3 Å². The first-order valence-electron chi connectivity index (χ1n) is 10.5. The fourth-order valence-electron chi connectivity index (χ4n) is 3.46. The number of hydrogen-bond donors (Lipinski definition) is 1. The van der Waals surface area contributed by atoms with Crippen LogP contribution in [0, 0.1) is 24.0 Å². The number of aromatic nitrogens is 2. The quantitative estimate of drug-likeness (QED) is 0.221. The predicted octanol–water partition coefficient (Wildman–Crippen LogP) is 6.19. The molecule has 2 aromatic carbocycles. The summed E-state index contributed by atoms with van der Waals surface area (Å²) in [5.41, 5.74) is 2.91. The van der Waals surface area contributed by atoms with Gasteiger partial charge in [-0.05, 0) is 49.7 Å². The number of anilines is 1. The molecule has 0 aliphatic heterocycles. The van der Waals surface area contributed by atoms with Gasteiger partial charge in [-0.2, -0.15) is 5.10 Å². The average molecular weight is 515 g/mol. The number of furan rings is 1. The summed E-state index contributed by atoms with van der Waals surface area (Å²) in [6.07, 6.45) is 0. The minimum Gasteiger partial charge on any atom is -0.484 e. The fraction of sp³-hybridized carbons (Fsp3) is 0.167. The number of nitrogens with one attached hydrogen (secondary N) is 1. The molecule has 1 N–H and O–H groups in total. The van der Waals surface area contributed by atoms with E-state index < -0.39 is 10.8 Å². The van der Waals surface area contributed by atoms with Gasteiger partial charge in [-0.3, -0.25) is 19.6 Å². The fourth-order valence-corrected chi connectivity index (χ4v) is 3.90. The number of carbonyl (C=O) groups excluding carboxylic acids is 1. The number of ether oxygens (including phenoxy) is 1. The summed E-state index contributed by atoms with van der Waals surface area (Å²) in [6, 6.07) is 14.5. The molecule has 0 aliphatic carbocycles. The Labute approximate surface area is 210 Å². The predicted molar refractivity (Wildman–Crippen MR) is 131 cm³/mol. The minimum atomic E-state index is -0.544. The summed E-state index contributed by atoms with van der Waals surface area (Å²) in [5.74, 6) is 0.311. The Morgan fingerprint density at radius 2 is 1.97 bits per heavy atom. The molecule has 9 nitrogen and oxygen atoms in total. The van der Waals surface area contributed by atoms with Gasteiger partial charge in [0.15, 0.2) is 5.76 Å². The summed E-state index contributed by atoms with van der Waals surface area (Å²) in [7, 11) is 0. The second-order valence-electron chi connectivity index (χ2n) is 7.71. The van der Waals surface area contributed by atoms with Crippen LogP contribution in [0.1, 0.15) is 33.3 Å². The van der Waals surface area contributed by atoms with E-state index >= 15 is 0 Å². The van der Waals surface area contributed by atoms with Gasteiger partial charge in [0.05, 0.1) is 33.6 Å². The van der Waals surface area contributed by atoms with Crippen LogP contribution in [-0.4, -0.2) is 20.6 Å². The Hall–Kier alpha value is -3.82. The third-order valence-corrected chi connectivity index (χ3v) is 5.75. The van der Waals surface area contributed by atoms with Crippen LogP contribution < -0.4 is 10.1 Å². The highest BCUT2D eigenvalue weighted by atomic mass is 35.5. The molecule has 0 spiro atoms. The molecular weight excluding hydrogens is 495 g/mol. The first-order valence-corrected chi connectivity index (χ1v) is 11.2. The highest BCUT2D eigenvalue weighted by Gasteiger charge is 2.18. The molecule has 2 heterocycles. The number of aryl methyl sites for hydroxylation is 1. The molecule has 0 saturated carbocycles. The molecule has 0 bridgehead atoms. The third kappa shape index (κ3) is 5.64. The maximum atomic E-state index is 12.8. The van der Waals surface area contributed by atoms with E-state index in [4.69, 9.17) is 32.4 Å². The lowest BCUT2D eigenvalue weighted by molar-refractivity contribution is -0.384. The summed E-state index contributed by atoms with van der Waals surface area (Å²) in [5, 5.41) is 19.0. The molecule has 0 fully saturated rings. The van der Waals surface area contributed by atoms with E-state index in [0.29, 0.717) is 28.7 Å². The normalized spacial score (nSPS) is 10.9. The van der Waals surface area contributed by atoms with Gasteiger partial charge in [0.1, 0.15) is 18.1 Å². The van der Waals surface area contributed by atoms with E-state index in [9.17, 15) is 14.9 Å². The number of carbonyl (C=O) groups is 1. The van der Waals surface area contributed by atoms with Crippen LogP contribution in [0.5, 0.6) is 5.75 Å². The van der Waals surface area contributed by atoms with Crippen molar-refractivity contribution in [2.75, 3.05) is 5.32 Å². The molecule has 0 radical (unpaired) electrons. The maximum Gasteiger partial charge on any atom is 0.291 e. The Morgan fingerprint density at radius 1 is 1.17 bits per heavy atom. The van der Waals surface area contributed by atoms with Crippen molar-refractivity contribution in [3.05, 3.63) is 103 Å². The van der Waals surface area contributed by atoms with Crippen molar-refractivity contribution in [2.45, 2.75) is 27.0 Å². The Balaban J connectivity index is 1.41. The minimum absolute atomic E-state index is 0.0135. The molecular formula is C24H20Cl2N4O5. The van der Waals surface area contributed by atoms with Gasteiger partial charge in [-0.25, -0.2) is 0 Å². The molecule has 0 saturated heterocycles. The number of amides is 1. The lowest BCUT2D eigenvalue weighted by Gasteiger charge is -2.07. The molecule has 2 aromatic heterocycles. The number of nitro benzene ring substituents is 1. The number of nitrogens with zero attached hydrogens (tertiary/aromatic N) is 3. The van der Waals surface area contributed by atoms with Gasteiger partial charge in [0, 0.05) is 17.2 Å². The van der Waals surface area contributed by atoms with Crippen molar-refractivity contribution in [3.63, 3.8) is 0 Å². The summed E-state index contributed by atoms with van der Waals surface area (Å²) in [6.45, 7) is 4.18. The highest BCUT2D eigenvalue weighted by Crippen LogP contribution is 2.29. The van der Waals surface area contributed by atoms with E-state index in [1.54, 1.807) is 16.8 Å². The van der Waals surface area contributed by atoms with Gasteiger partial charge in [0.2, 0.25) is 0 Å². The largest absolute Gasteiger partial charge is 0.484 e. The first kappa shape index (κ1) is 24.3. The zero-order valence-electron chi connectivity index (χ0n) is 18.7. The summed E-state index contributed by atoms with van der Waals surface area (Å²) < 4.78 is 13.0. The van der Waals surface area contributed by atoms with E-state index in [-0.39, 0.29) is 28.8 Å². The van der Waals surface area contributed by atoms with Crippen molar-refractivity contribution in [3.8, 4) is 5.75 Å². The van der Waals surface area contributed by atoms with Gasteiger partial charge < -0.3 is 14.5 Å². The van der Waals surface area contributed by atoms with E-state index in [2.05, 4.69) is 10.4 Å². The van der Waals surface area contributed by atoms with Crippen LogP contribution >= 0.6 is 23.2 Å². The molecule has 4 rings (SSSR count). The lowest BCUT2D eigenvalue weighted by Crippen LogP contribution is -2.12. The zero-order valence-corrected chi connectivity index (χ0v) is 20.3. The van der Waals surface area contributed by atoms with Crippen LogP contribution in [0.4, 0.5) is 11.4 Å². The molecule has 0 aliphatic rings. The summed E-state index contributed by atoms with van der Waals surface area (Å²) in [4.78, 5) is 23.1. The second kappa shape index (κ2) is 10.2. The van der Waals surface area contributed by atoms with Crippen molar-refractivity contribution in [2.24, 2.45) is 0 Å². The number of rotatable bonds is 8. The van der Waals surface area contributed by atoms with Crippen LogP contribution in [0.2, 0.25) is 10.0 Å².